The monoisotopic (exact) mass is 416 g/mol. The molecule has 0 aliphatic rings. The molecule has 0 saturated carbocycles. The number of tetrazole rings is 1. The largest absolute Gasteiger partial charge is 0.405 e. The number of carbonyl (C=O) groups is 2. The number of anilines is 1. The van der Waals surface area contributed by atoms with Crippen molar-refractivity contribution in [3.63, 3.8) is 0 Å². The minimum Gasteiger partial charge on any atom is -0.340 e. The van der Waals surface area contributed by atoms with Crippen molar-refractivity contribution in [1.82, 2.24) is 25.5 Å². The van der Waals surface area contributed by atoms with Gasteiger partial charge in [0, 0.05) is 11.8 Å². The molecule has 11 heteroatoms. The van der Waals surface area contributed by atoms with E-state index in [2.05, 4.69) is 20.7 Å². The lowest BCUT2D eigenvalue weighted by Crippen LogP contribution is -2.34. The average molecular weight is 416 g/mol. The van der Waals surface area contributed by atoms with E-state index in [0.717, 1.165) is 10.4 Å². The molecule has 0 spiro atoms. The SMILES string of the molecule is O=C(C=Cc1ccccc1)Nc1ccc(-n2nnc(C(=O)NCC(F)(F)F)n2)cc1. The molecular weight excluding hydrogens is 401 g/mol. The van der Waals surface area contributed by atoms with E-state index >= 15 is 0 Å². The highest BCUT2D eigenvalue weighted by Crippen LogP contribution is 2.13. The summed E-state index contributed by atoms with van der Waals surface area (Å²) in [4.78, 5) is 24.6. The summed E-state index contributed by atoms with van der Waals surface area (Å²) in [5, 5.41) is 15.2. The summed E-state index contributed by atoms with van der Waals surface area (Å²) in [7, 11) is 0. The second kappa shape index (κ2) is 8.99. The van der Waals surface area contributed by atoms with Crippen molar-refractivity contribution in [3.05, 3.63) is 72.1 Å². The van der Waals surface area contributed by atoms with Gasteiger partial charge in [0.2, 0.25) is 5.91 Å². The number of nitrogens with zero attached hydrogens (tertiary/aromatic N) is 4. The third-order valence-corrected chi connectivity index (χ3v) is 3.66. The zero-order chi connectivity index (χ0) is 21.6. The molecular formula is C19H15F3N6O2. The Morgan fingerprint density at radius 2 is 1.73 bits per heavy atom. The lowest BCUT2D eigenvalue weighted by molar-refractivity contribution is -0.123. The van der Waals surface area contributed by atoms with Crippen LogP contribution in [0.2, 0.25) is 0 Å². The van der Waals surface area contributed by atoms with Crippen LogP contribution in [0.25, 0.3) is 11.8 Å². The van der Waals surface area contributed by atoms with Gasteiger partial charge in [0.25, 0.3) is 11.7 Å². The van der Waals surface area contributed by atoms with Crippen molar-refractivity contribution in [2.24, 2.45) is 0 Å². The highest BCUT2D eigenvalue weighted by Gasteiger charge is 2.28. The number of hydrogen-bond donors (Lipinski definition) is 2. The van der Waals surface area contributed by atoms with E-state index < -0.39 is 24.5 Å². The molecule has 0 bridgehead atoms. The van der Waals surface area contributed by atoms with Crippen LogP contribution >= 0.6 is 0 Å². The summed E-state index contributed by atoms with van der Waals surface area (Å²) >= 11 is 0. The third kappa shape index (κ3) is 5.99. The number of halogens is 3. The van der Waals surface area contributed by atoms with Gasteiger partial charge in [-0.15, -0.1) is 15.0 Å². The Balaban J connectivity index is 1.59. The summed E-state index contributed by atoms with van der Waals surface area (Å²) in [5.41, 5.74) is 1.79. The molecule has 0 saturated heterocycles. The van der Waals surface area contributed by atoms with Gasteiger partial charge < -0.3 is 10.6 Å². The summed E-state index contributed by atoms with van der Waals surface area (Å²) in [5.74, 6) is -1.91. The van der Waals surface area contributed by atoms with Crippen molar-refractivity contribution in [2.45, 2.75) is 6.18 Å². The van der Waals surface area contributed by atoms with Crippen LogP contribution in [0.4, 0.5) is 18.9 Å². The molecule has 30 heavy (non-hydrogen) atoms. The fraction of sp³-hybridized carbons (Fsp3) is 0.105. The Hall–Kier alpha value is -4.02. The number of carbonyl (C=O) groups excluding carboxylic acids is 2. The predicted octanol–water partition coefficient (Wildman–Crippen LogP) is 2.61. The van der Waals surface area contributed by atoms with Gasteiger partial charge in [0.1, 0.15) is 6.54 Å². The highest BCUT2D eigenvalue weighted by molar-refractivity contribution is 6.01. The molecule has 3 aromatic rings. The number of nitrogens with one attached hydrogen (secondary N) is 2. The molecule has 0 radical (unpaired) electrons. The summed E-state index contributed by atoms with van der Waals surface area (Å²) in [6.45, 7) is -1.49. The van der Waals surface area contributed by atoms with E-state index in [1.54, 1.807) is 35.7 Å². The minimum atomic E-state index is -4.54. The summed E-state index contributed by atoms with van der Waals surface area (Å²) in [6, 6.07) is 15.6. The maximum Gasteiger partial charge on any atom is 0.405 e. The summed E-state index contributed by atoms with van der Waals surface area (Å²) in [6.07, 6.45) is -1.47. The molecule has 0 atom stereocenters. The second-order valence-corrected chi connectivity index (χ2v) is 5.98. The smallest absolute Gasteiger partial charge is 0.340 e. The maximum atomic E-state index is 12.2. The number of benzene rings is 2. The molecule has 8 nitrogen and oxygen atoms in total. The Labute approximate surface area is 168 Å². The number of hydrogen-bond acceptors (Lipinski definition) is 5. The molecule has 1 heterocycles. The first-order chi connectivity index (χ1) is 14.3. The molecule has 0 aliphatic carbocycles. The lowest BCUT2D eigenvalue weighted by atomic mass is 10.2. The predicted molar refractivity (Wildman–Crippen MR) is 102 cm³/mol. The van der Waals surface area contributed by atoms with E-state index in [-0.39, 0.29) is 5.91 Å². The van der Waals surface area contributed by atoms with Gasteiger partial charge in [0.05, 0.1) is 5.69 Å². The topological polar surface area (TPSA) is 102 Å². The maximum absolute atomic E-state index is 12.2. The Bertz CT molecular complexity index is 1050. The molecule has 2 aromatic carbocycles. The Morgan fingerprint density at radius 1 is 1.03 bits per heavy atom. The Kier molecular flexibility index (Phi) is 6.20. The molecule has 0 fully saturated rings. The van der Waals surface area contributed by atoms with E-state index in [4.69, 9.17) is 0 Å². The van der Waals surface area contributed by atoms with Crippen LogP contribution in [-0.2, 0) is 4.79 Å². The standard InChI is InChI=1S/C19H15F3N6O2/c20-19(21,22)12-23-18(30)17-25-27-28(26-17)15-9-7-14(8-10-15)24-16(29)11-6-13-4-2-1-3-5-13/h1-11H,12H2,(H,23,30)(H,24,29). The quantitative estimate of drug-likeness (QED) is 0.602. The van der Waals surface area contributed by atoms with Crippen molar-refractivity contribution in [1.29, 1.82) is 0 Å². The second-order valence-electron chi connectivity index (χ2n) is 5.98. The molecule has 154 valence electrons. The zero-order valence-electron chi connectivity index (χ0n) is 15.3. The van der Waals surface area contributed by atoms with Gasteiger partial charge in [-0.2, -0.15) is 13.2 Å². The number of rotatable bonds is 6. The molecule has 2 amide bonds. The van der Waals surface area contributed by atoms with Gasteiger partial charge in [0.15, 0.2) is 0 Å². The van der Waals surface area contributed by atoms with Crippen molar-refractivity contribution in [3.8, 4) is 5.69 Å². The van der Waals surface area contributed by atoms with Crippen LogP contribution in [0, 0.1) is 0 Å². The van der Waals surface area contributed by atoms with Crippen LogP contribution < -0.4 is 10.6 Å². The van der Waals surface area contributed by atoms with Crippen molar-refractivity contribution >= 4 is 23.6 Å². The van der Waals surface area contributed by atoms with Crippen LogP contribution in [-0.4, -0.2) is 44.7 Å². The zero-order valence-corrected chi connectivity index (χ0v) is 15.3. The minimum absolute atomic E-state index is 0.325. The summed E-state index contributed by atoms with van der Waals surface area (Å²) < 4.78 is 36.5. The molecule has 0 unspecified atom stereocenters. The van der Waals surface area contributed by atoms with Gasteiger partial charge >= 0.3 is 6.18 Å². The first kappa shape index (κ1) is 20.7. The molecule has 1 aromatic heterocycles. The molecule has 3 rings (SSSR count). The van der Waals surface area contributed by atoms with Crippen LogP contribution in [0.1, 0.15) is 16.2 Å². The van der Waals surface area contributed by atoms with Crippen LogP contribution in [0.15, 0.2) is 60.7 Å². The van der Waals surface area contributed by atoms with E-state index in [0.29, 0.717) is 11.4 Å². The van der Waals surface area contributed by atoms with Gasteiger partial charge in [-0.3, -0.25) is 9.59 Å². The number of amides is 2. The molecule has 2 N–H and O–H groups in total. The van der Waals surface area contributed by atoms with E-state index in [1.807, 2.05) is 30.3 Å². The van der Waals surface area contributed by atoms with Gasteiger partial charge in [-0.25, -0.2) is 0 Å². The average Bonchev–Trinajstić information content (AvgIpc) is 3.22. The van der Waals surface area contributed by atoms with Crippen molar-refractivity contribution < 1.29 is 22.8 Å². The lowest BCUT2D eigenvalue weighted by Gasteiger charge is -2.05. The number of alkyl halides is 3. The van der Waals surface area contributed by atoms with Crippen molar-refractivity contribution in [2.75, 3.05) is 11.9 Å². The number of aromatic nitrogens is 4. The van der Waals surface area contributed by atoms with E-state index in [9.17, 15) is 22.8 Å². The normalized spacial score (nSPS) is 11.4. The highest BCUT2D eigenvalue weighted by atomic mass is 19.4. The third-order valence-electron chi connectivity index (χ3n) is 3.66. The first-order valence-electron chi connectivity index (χ1n) is 8.60. The fourth-order valence-corrected chi connectivity index (χ4v) is 2.27. The first-order valence-corrected chi connectivity index (χ1v) is 8.60. The van der Waals surface area contributed by atoms with E-state index in [1.165, 1.54) is 6.08 Å². The van der Waals surface area contributed by atoms with Crippen LogP contribution in [0.5, 0.6) is 0 Å². The molecule has 0 aliphatic heterocycles. The van der Waals surface area contributed by atoms with Gasteiger partial charge in [-0.05, 0) is 41.1 Å². The fourth-order valence-electron chi connectivity index (χ4n) is 2.27. The van der Waals surface area contributed by atoms with Crippen LogP contribution in [0.3, 0.4) is 0 Å². The van der Waals surface area contributed by atoms with Gasteiger partial charge in [-0.1, -0.05) is 30.3 Å². The Morgan fingerprint density at radius 3 is 2.40 bits per heavy atom.